The summed E-state index contributed by atoms with van der Waals surface area (Å²) in [5, 5.41) is 2.74. The number of carbonyl (C=O) groups excluding carboxylic acids is 2. The topological polar surface area (TPSA) is 46.2 Å². The number of ketones is 2. The summed E-state index contributed by atoms with van der Waals surface area (Å²) in [5.41, 5.74) is 1.11. The molecule has 0 fully saturated rings. The zero-order valence-electron chi connectivity index (χ0n) is 10.1. The van der Waals surface area contributed by atoms with E-state index in [1.807, 2.05) is 0 Å². The van der Waals surface area contributed by atoms with Gasteiger partial charge in [0.25, 0.3) is 0 Å². The highest BCUT2D eigenvalue weighted by molar-refractivity contribution is 7.89. The lowest BCUT2D eigenvalue weighted by atomic mass is 10.0. The second-order valence-electron chi connectivity index (χ2n) is 3.74. The van der Waals surface area contributed by atoms with E-state index in [2.05, 4.69) is 5.32 Å². The van der Waals surface area contributed by atoms with Gasteiger partial charge in [0.15, 0.2) is 11.6 Å². The summed E-state index contributed by atoms with van der Waals surface area (Å²) in [5.74, 6) is -0.131. The minimum atomic E-state index is -0.104. The van der Waals surface area contributed by atoms with Crippen LogP contribution in [0.3, 0.4) is 0 Å². The zero-order valence-corrected chi connectivity index (χ0v) is 11.8. The fourth-order valence-corrected chi connectivity index (χ4v) is 1.66. The fourth-order valence-electron chi connectivity index (χ4n) is 1.36. The van der Waals surface area contributed by atoms with Crippen molar-refractivity contribution < 1.29 is 9.59 Å². The third-order valence-corrected chi connectivity index (χ3v) is 3.34. The Morgan fingerprint density at radius 2 is 1.61 bits per heavy atom. The first kappa shape index (κ1) is 14.6. The van der Waals surface area contributed by atoms with Gasteiger partial charge in [-0.2, -0.15) is 0 Å². The Kier molecular flexibility index (Phi) is 5.25. The molecule has 0 bridgehead atoms. The average molecular weight is 279 g/mol. The van der Waals surface area contributed by atoms with E-state index in [4.69, 9.17) is 24.4 Å². The van der Waals surface area contributed by atoms with Crippen LogP contribution in [0.5, 0.6) is 0 Å². The quantitative estimate of drug-likeness (QED) is 0.662. The number of carbonyl (C=O) groups is 2. The van der Waals surface area contributed by atoms with Crippen LogP contribution in [0.4, 0.5) is 0 Å². The number of rotatable bonds is 5. The first-order valence-corrected chi connectivity index (χ1v) is 6.16. The number of Topliss-reactive ketones (excluding diaryl/α,β-unsaturated/α-hetero) is 2. The molecule has 1 rings (SSSR count). The molecule has 1 N–H and O–H groups in total. The summed E-state index contributed by atoms with van der Waals surface area (Å²) in [6.45, 7) is 1.48. The average Bonchev–Trinajstić information content (AvgIpc) is 2.37. The predicted molar refractivity (Wildman–Crippen MR) is 79.6 cm³/mol. The van der Waals surface area contributed by atoms with Crippen LogP contribution in [-0.4, -0.2) is 28.5 Å². The van der Waals surface area contributed by atoms with E-state index in [1.165, 1.54) is 6.92 Å². The summed E-state index contributed by atoms with van der Waals surface area (Å²) in [6, 6.07) is 6.53. The van der Waals surface area contributed by atoms with E-state index in [9.17, 15) is 9.59 Å². The minimum Gasteiger partial charge on any atom is -0.378 e. The molecule has 1 aromatic rings. The van der Waals surface area contributed by atoms with Crippen molar-refractivity contribution in [2.75, 3.05) is 7.05 Å². The SMILES string of the molecule is CNC(=S)C(=S)CC(=O)c1ccc(C(C)=O)cc1. The largest absolute Gasteiger partial charge is 0.378 e. The standard InChI is InChI=1S/C13H13NO2S2/c1-8(15)9-3-5-10(6-4-9)11(16)7-12(17)13(18)14-2/h3-6H,7H2,1-2H3,(H,14,18). The van der Waals surface area contributed by atoms with Crippen LogP contribution in [0.2, 0.25) is 0 Å². The third kappa shape index (κ3) is 3.78. The normalized spacial score (nSPS) is 9.67. The molecule has 0 aliphatic rings. The van der Waals surface area contributed by atoms with Crippen molar-refractivity contribution in [1.82, 2.24) is 5.32 Å². The molecule has 0 aliphatic heterocycles. The van der Waals surface area contributed by atoms with Gasteiger partial charge in [0, 0.05) is 24.6 Å². The fraction of sp³-hybridized carbons (Fsp3) is 0.231. The van der Waals surface area contributed by atoms with Gasteiger partial charge in [-0.05, 0) is 6.92 Å². The van der Waals surface area contributed by atoms with Gasteiger partial charge >= 0.3 is 0 Å². The van der Waals surface area contributed by atoms with Gasteiger partial charge in [0.1, 0.15) is 4.99 Å². The molecule has 0 saturated heterocycles. The highest BCUT2D eigenvalue weighted by Gasteiger charge is 2.12. The van der Waals surface area contributed by atoms with Crippen molar-refractivity contribution in [3.8, 4) is 0 Å². The number of hydrogen-bond donors (Lipinski definition) is 1. The van der Waals surface area contributed by atoms with E-state index in [1.54, 1.807) is 31.3 Å². The predicted octanol–water partition coefficient (Wildman–Crippen LogP) is 2.38. The smallest absolute Gasteiger partial charge is 0.168 e. The molecule has 0 unspecified atom stereocenters. The molecule has 0 aliphatic carbocycles. The Hall–Kier alpha value is -1.46. The molecule has 0 radical (unpaired) electrons. The number of benzene rings is 1. The molecule has 0 spiro atoms. The highest BCUT2D eigenvalue weighted by Crippen LogP contribution is 2.08. The Labute approximate surface area is 117 Å². The molecule has 94 valence electrons. The van der Waals surface area contributed by atoms with Crippen molar-refractivity contribution in [3.63, 3.8) is 0 Å². The first-order chi connectivity index (χ1) is 8.45. The number of hydrogen-bond acceptors (Lipinski definition) is 4. The van der Waals surface area contributed by atoms with Gasteiger partial charge in [-0.25, -0.2) is 0 Å². The van der Waals surface area contributed by atoms with Gasteiger partial charge in [-0.15, -0.1) is 0 Å². The summed E-state index contributed by atoms with van der Waals surface area (Å²) < 4.78 is 0. The van der Waals surface area contributed by atoms with Crippen molar-refractivity contribution >= 4 is 45.9 Å². The molecule has 3 nitrogen and oxygen atoms in total. The van der Waals surface area contributed by atoms with Gasteiger partial charge in [-0.1, -0.05) is 48.7 Å². The number of nitrogens with one attached hydrogen (secondary N) is 1. The minimum absolute atomic E-state index is 0.0270. The monoisotopic (exact) mass is 279 g/mol. The summed E-state index contributed by atoms with van der Waals surface area (Å²) in [6.07, 6.45) is 0.106. The van der Waals surface area contributed by atoms with Crippen LogP contribution in [0.15, 0.2) is 24.3 Å². The second kappa shape index (κ2) is 6.47. The maximum atomic E-state index is 11.9. The molecule has 5 heteroatoms. The highest BCUT2D eigenvalue weighted by atomic mass is 32.1. The molecule has 0 amide bonds. The maximum absolute atomic E-state index is 11.9. The van der Waals surface area contributed by atoms with Crippen LogP contribution in [0, 0.1) is 0 Å². The van der Waals surface area contributed by atoms with Crippen molar-refractivity contribution in [2.24, 2.45) is 0 Å². The molecule has 1 aromatic carbocycles. The summed E-state index contributed by atoms with van der Waals surface area (Å²) >= 11 is 9.99. The van der Waals surface area contributed by atoms with Crippen LogP contribution in [0.25, 0.3) is 0 Å². The Balaban J connectivity index is 2.76. The van der Waals surface area contributed by atoms with Gasteiger partial charge < -0.3 is 5.32 Å². The molecular formula is C13H13NO2S2. The molecular weight excluding hydrogens is 266 g/mol. The number of thiocarbonyl (C=S) groups is 2. The van der Waals surface area contributed by atoms with Crippen LogP contribution in [0.1, 0.15) is 34.1 Å². The molecule has 0 aromatic heterocycles. The van der Waals surface area contributed by atoms with E-state index in [-0.39, 0.29) is 18.0 Å². The molecule has 0 saturated carbocycles. The third-order valence-electron chi connectivity index (χ3n) is 2.41. The van der Waals surface area contributed by atoms with E-state index < -0.39 is 0 Å². The van der Waals surface area contributed by atoms with Gasteiger partial charge in [0.2, 0.25) is 0 Å². The van der Waals surface area contributed by atoms with Crippen molar-refractivity contribution in [3.05, 3.63) is 35.4 Å². The summed E-state index contributed by atoms with van der Waals surface area (Å²) in [7, 11) is 1.67. The van der Waals surface area contributed by atoms with Gasteiger partial charge in [-0.3, -0.25) is 9.59 Å². The van der Waals surface area contributed by atoms with Gasteiger partial charge in [0.05, 0.1) is 4.86 Å². The molecule has 18 heavy (non-hydrogen) atoms. The lowest BCUT2D eigenvalue weighted by molar-refractivity contribution is 0.0994. The van der Waals surface area contributed by atoms with Crippen LogP contribution >= 0.6 is 24.4 Å². The van der Waals surface area contributed by atoms with Crippen LogP contribution < -0.4 is 5.32 Å². The van der Waals surface area contributed by atoms with Crippen molar-refractivity contribution in [1.29, 1.82) is 0 Å². The first-order valence-electron chi connectivity index (χ1n) is 5.34. The Morgan fingerprint density at radius 3 is 2.06 bits per heavy atom. The van der Waals surface area contributed by atoms with Crippen LogP contribution in [-0.2, 0) is 0 Å². The molecule has 0 atom stereocenters. The van der Waals surface area contributed by atoms with E-state index in [0.29, 0.717) is 21.0 Å². The Bertz CT molecular complexity index is 506. The maximum Gasteiger partial charge on any atom is 0.168 e. The zero-order chi connectivity index (χ0) is 13.7. The van der Waals surface area contributed by atoms with Crippen molar-refractivity contribution in [2.45, 2.75) is 13.3 Å². The van der Waals surface area contributed by atoms with E-state index in [0.717, 1.165) is 0 Å². The Morgan fingerprint density at radius 1 is 1.11 bits per heavy atom. The molecule has 0 heterocycles. The second-order valence-corrected chi connectivity index (χ2v) is 4.64. The lowest BCUT2D eigenvalue weighted by Crippen LogP contribution is -2.25. The summed E-state index contributed by atoms with van der Waals surface area (Å²) in [4.78, 5) is 23.8. The lowest BCUT2D eigenvalue weighted by Gasteiger charge is -2.05. The van der Waals surface area contributed by atoms with E-state index >= 15 is 0 Å².